The van der Waals surface area contributed by atoms with Crippen molar-refractivity contribution in [2.45, 2.75) is 19.1 Å². The fraction of sp³-hybridized carbons (Fsp3) is 0.200. The fourth-order valence-corrected chi connectivity index (χ4v) is 4.52. The molecule has 0 unspecified atom stereocenters. The molecule has 2 amide bonds. The lowest BCUT2D eigenvalue weighted by molar-refractivity contribution is -0.137. The molecule has 0 radical (unpaired) electrons. The average Bonchev–Trinajstić information content (AvgIpc) is 3.40. The van der Waals surface area contributed by atoms with Crippen molar-refractivity contribution in [2.24, 2.45) is 0 Å². The lowest BCUT2D eigenvalue weighted by atomic mass is 10.0. The van der Waals surface area contributed by atoms with Crippen LogP contribution in [-0.4, -0.2) is 37.5 Å². The number of fused-ring (bicyclic) bond motifs is 1. The SMILES string of the molecule is COc1cc(OC)cc(C(=O)Nc2ccc(-c3cc4c(o3)CCN(C(=O)c3cccc(C(F)(F)F)c3)C4)cc2)c1. The van der Waals surface area contributed by atoms with Crippen LogP contribution >= 0.6 is 0 Å². The van der Waals surface area contributed by atoms with E-state index in [2.05, 4.69) is 5.32 Å². The molecule has 1 N–H and O–H groups in total. The third-order valence-corrected chi connectivity index (χ3v) is 6.63. The zero-order valence-electron chi connectivity index (χ0n) is 21.7. The number of carbonyl (C=O) groups is 2. The highest BCUT2D eigenvalue weighted by Crippen LogP contribution is 2.33. The number of hydrogen-bond acceptors (Lipinski definition) is 5. The first-order valence-electron chi connectivity index (χ1n) is 12.4. The number of rotatable bonds is 6. The standard InChI is InChI=1S/C30H25F3N2O5/c1-38-24-13-20(14-25(16-24)39-2)28(36)34-23-8-6-18(7-9-23)27-15-21-17-35(11-10-26(21)40-27)29(37)19-4-3-5-22(12-19)30(31,32)33/h3-9,12-16H,10-11,17H2,1-2H3,(H,34,36). The van der Waals surface area contributed by atoms with Crippen molar-refractivity contribution in [3.8, 4) is 22.8 Å². The summed E-state index contributed by atoms with van der Waals surface area (Å²) in [4.78, 5) is 27.2. The summed E-state index contributed by atoms with van der Waals surface area (Å²) >= 11 is 0. The van der Waals surface area contributed by atoms with Gasteiger partial charge in [0.1, 0.15) is 23.0 Å². The number of alkyl halides is 3. The van der Waals surface area contributed by atoms with E-state index < -0.39 is 17.6 Å². The van der Waals surface area contributed by atoms with E-state index in [0.29, 0.717) is 41.5 Å². The van der Waals surface area contributed by atoms with Crippen LogP contribution in [0.2, 0.25) is 0 Å². The zero-order valence-corrected chi connectivity index (χ0v) is 21.7. The summed E-state index contributed by atoms with van der Waals surface area (Å²) in [6.45, 7) is 0.557. The molecule has 0 saturated heterocycles. The quantitative estimate of drug-likeness (QED) is 0.299. The molecule has 1 aliphatic rings. The van der Waals surface area contributed by atoms with Crippen LogP contribution in [0.15, 0.2) is 77.2 Å². The molecular weight excluding hydrogens is 525 g/mol. The fourth-order valence-electron chi connectivity index (χ4n) is 4.52. The maximum absolute atomic E-state index is 13.1. The number of methoxy groups -OCH3 is 2. The highest BCUT2D eigenvalue weighted by atomic mass is 19.4. The summed E-state index contributed by atoms with van der Waals surface area (Å²) in [5.41, 5.74) is 1.65. The number of hydrogen-bond donors (Lipinski definition) is 1. The van der Waals surface area contributed by atoms with Gasteiger partial charge in [0.05, 0.1) is 19.8 Å². The first kappa shape index (κ1) is 26.9. The van der Waals surface area contributed by atoms with E-state index in [1.54, 1.807) is 42.5 Å². The molecule has 5 rings (SSSR count). The average molecular weight is 551 g/mol. The van der Waals surface area contributed by atoms with Crippen LogP contribution in [0, 0.1) is 0 Å². The number of furan rings is 1. The van der Waals surface area contributed by atoms with Gasteiger partial charge in [0, 0.05) is 53.5 Å². The second-order valence-electron chi connectivity index (χ2n) is 9.25. The number of nitrogens with one attached hydrogen (secondary N) is 1. The van der Waals surface area contributed by atoms with Gasteiger partial charge in [-0.1, -0.05) is 6.07 Å². The Labute approximate surface area is 228 Å². The maximum atomic E-state index is 13.1. The van der Waals surface area contributed by atoms with Gasteiger partial charge in [-0.3, -0.25) is 9.59 Å². The molecule has 0 bridgehead atoms. The summed E-state index contributed by atoms with van der Waals surface area (Å²) in [6.07, 6.45) is -4.08. The summed E-state index contributed by atoms with van der Waals surface area (Å²) in [5.74, 6) is 1.52. The predicted octanol–water partition coefficient (Wildman–Crippen LogP) is 6.43. The molecule has 40 heavy (non-hydrogen) atoms. The number of halogens is 3. The lowest BCUT2D eigenvalue weighted by Gasteiger charge is -2.26. The molecule has 1 aliphatic heterocycles. The molecule has 1 aromatic heterocycles. The van der Waals surface area contributed by atoms with Crippen LogP contribution in [0.3, 0.4) is 0 Å². The van der Waals surface area contributed by atoms with Crippen molar-refractivity contribution in [3.63, 3.8) is 0 Å². The molecule has 0 fully saturated rings. The van der Waals surface area contributed by atoms with Gasteiger partial charge < -0.3 is 24.1 Å². The Kier molecular flexibility index (Phi) is 7.25. The van der Waals surface area contributed by atoms with E-state index in [1.165, 1.54) is 31.3 Å². The third kappa shape index (κ3) is 5.66. The van der Waals surface area contributed by atoms with Crippen LogP contribution in [0.5, 0.6) is 11.5 Å². The van der Waals surface area contributed by atoms with Gasteiger partial charge in [-0.05, 0) is 60.7 Å². The molecule has 206 valence electrons. The van der Waals surface area contributed by atoms with Crippen LogP contribution < -0.4 is 14.8 Å². The van der Waals surface area contributed by atoms with Crippen molar-refractivity contribution < 1.29 is 36.7 Å². The Morgan fingerprint density at radius 1 is 0.900 bits per heavy atom. The first-order chi connectivity index (χ1) is 19.1. The monoisotopic (exact) mass is 550 g/mol. The van der Waals surface area contributed by atoms with Crippen molar-refractivity contribution in [2.75, 3.05) is 26.1 Å². The van der Waals surface area contributed by atoms with Gasteiger partial charge in [0.2, 0.25) is 0 Å². The predicted molar refractivity (Wildman–Crippen MR) is 142 cm³/mol. The number of benzene rings is 3. The summed E-state index contributed by atoms with van der Waals surface area (Å²) in [6, 6.07) is 18.3. The van der Waals surface area contributed by atoms with Crippen LogP contribution in [0.25, 0.3) is 11.3 Å². The van der Waals surface area contributed by atoms with Crippen molar-refractivity contribution in [1.29, 1.82) is 0 Å². The van der Waals surface area contributed by atoms with Gasteiger partial charge in [-0.2, -0.15) is 13.2 Å². The van der Waals surface area contributed by atoms with Gasteiger partial charge in [-0.15, -0.1) is 0 Å². The minimum atomic E-state index is -4.52. The van der Waals surface area contributed by atoms with E-state index in [1.807, 2.05) is 6.07 Å². The normalized spacial score (nSPS) is 13.0. The Bertz CT molecular complexity index is 1540. The Balaban J connectivity index is 1.27. The van der Waals surface area contributed by atoms with Gasteiger partial charge >= 0.3 is 6.18 Å². The van der Waals surface area contributed by atoms with Crippen LogP contribution in [-0.2, 0) is 19.1 Å². The lowest BCUT2D eigenvalue weighted by Crippen LogP contribution is -2.35. The zero-order chi connectivity index (χ0) is 28.4. The Morgan fingerprint density at radius 2 is 1.60 bits per heavy atom. The molecule has 3 aromatic carbocycles. The Morgan fingerprint density at radius 3 is 2.25 bits per heavy atom. The van der Waals surface area contributed by atoms with E-state index >= 15 is 0 Å². The first-order valence-corrected chi connectivity index (χ1v) is 12.4. The molecule has 0 saturated carbocycles. The third-order valence-electron chi connectivity index (χ3n) is 6.63. The second-order valence-corrected chi connectivity index (χ2v) is 9.25. The highest BCUT2D eigenvalue weighted by molar-refractivity contribution is 6.05. The molecule has 7 nitrogen and oxygen atoms in total. The number of carbonyl (C=O) groups excluding carboxylic acids is 2. The summed E-state index contributed by atoms with van der Waals surface area (Å²) in [7, 11) is 3.01. The smallest absolute Gasteiger partial charge is 0.416 e. The molecule has 4 aromatic rings. The van der Waals surface area contributed by atoms with Gasteiger partial charge in [0.15, 0.2) is 0 Å². The topological polar surface area (TPSA) is 81.0 Å². The van der Waals surface area contributed by atoms with Crippen molar-refractivity contribution in [1.82, 2.24) is 4.90 Å². The highest BCUT2D eigenvalue weighted by Gasteiger charge is 2.32. The molecule has 0 spiro atoms. The summed E-state index contributed by atoms with van der Waals surface area (Å²) in [5, 5.41) is 2.84. The van der Waals surface area contributed by atoms with Crippen molar-refractivity contribution >= 4 is 17.5 Å². The summed E-state index contributed by atoms with van der Waals surface area (Å²) < 4.78 is 55.7. The Hall–Kier alpha value is -4.73. The largest absolute Gasteiger partial charge is 0.497 e. The number of anilines is 1. The number of ether oxygens (including phenoxy) is 2. The van der Waals surface area contributed by atoms with E-state index in [0.717, 1.165) is 29.0 Å². The van der Waals surface area contributed by atoms with Crippen molar-refractivity contribution in [3.05, 3.63) is 101 Å². The molecule has 0 atom stereocenters. The van der Waals surface area contributed by atoms with Gasteiger partial charge in [-0.25, -0.2) is 0 Å². The van der Waals surface area contributed by atoms with E-state index in [4.69, 9.17) is 13.9 Å². The second kappa shape index (κ2) is 10.8. The number of nitrogens with zero attached hydrogens (tertiary/aromatic N) is 1. The van der Waals surface area contributed by atoms with Crippen LogP contribution in [0.1, 0.15) is 37.6 Å². The maximum Gasteiger partial charge on any atom is 0.416 e. The molecule has 0 aliphatic carbocycles. The molecular formula is C30H25F3N2O5. The minimum absolute atomic E-state index is 0.00739. The van der Waals surface area contributed by atoms with Gasteiger partial charge in [0.25, 0.3) is 11.8 Å². The molecule has 2 heterocycles. The van der Waals surface area contributed by atoms with E-state index in [-0.39, 0.29) is 18.0 Å². The van der Waals surface area contributed by atoms with E-state index in [9.17, 15) is 22.8 Å². The van der Waals surface area contributed by atoms with Crippen LogP contribution in [0.4, 0.5) is 18.9 Å². The number of amides is 2. The minimum Gasteiger partial charge on any atom is -0.497 e. The molecule has 10 heteroatoms.